The molecule has 98 valence electrons. The first-order chi connectivity index (χ1) is 8.72. The lowest BCUT2D eigenvalue weighted by atomic mass is 10.2. The van der Waals surface area contributed by atoms with Gasteiger partial charge in [-0.2, -0.15) is 12.6 Å². The molecule has 1 fully saturated rings. The zero-order chi connectivity index (χ0) is 13.0. The molecule has 1 aromatic carbocycles. The molecule has 1 unspecified atom stereocenters. The maximum absolute atomic E-state index is 11.9. The summed E-state index contributed by atoms with van der Waals surface area (Å²) in [5.74, 6) is 0.412. The molecule has 4 nitrogen and oxygen atoms in total. The number of nitrogens with two attached hydrogens (primary N) is 1. The fourth-order valence-electron chi connectivity index (χ4n) is 2.14. The van der Waals surface area contributed by atoms with Crippen LogP contribution >= 0.6 is 12.6 Å². The summed E-state index contributed by atoms with van der Waals surface area (Å²) in [5.41, 5.74) is 6.92. The number of hydrogen-bond donors (Lipinski definition) is 2. The third-order valence-electron chi connectivity index (χ3n) is 3.23. The van der Waals surface area contributed by atoms with Gasteiger partial charge in [-0.05, 0) is 12.1 Å². The van der Waals surface area contributed by atoms with E-state index < -0.39 is 6.04 Å². The molecule has 18 heavy (non-hydrogen) atoms. The molecule has 1 heterocycles. The molecule has 1 saturated heterocycles. The Morgan fingerprint density at radius 3 is 2.39 bits per heavy atom. The minimum Gasteiger partial charge on any atom is -0.368 e. The second kappa shape index (κ2) is 6.11. The van der Waals surface area contributed by atoms with E-state index >= 15 is 0 Å². The van der Waals surface area contributed by atoms with Crippen molar-refractivity contribution in [3.63, 3.8) is 0 Å². The van der Waals surface area contributed by atoms with Gasteiger partial charge in [0.25, 0.3) is 0 Å². The van der Waals surface area contributed by atoms with Crippen LogP contribution in [0.2, 0.25) is 0 Å². The fraction of sp³-hybridized carbons (Fsp3) is 0.462. The van der Waals surface area contributed by atoms with E-state index in [2.05, 4.69) is 29.7 Å². The number of thiol groups is 1. The lowest BCUT2D eigenvalue weighted by molar-refractivity contribution is -0.132. The summed E-state index contributed by atoms with van der Waals surface area (Å²) in [6, 6.07) is 9.78. The fourth-order valence-corrected chi connectivity index (χ4v) is 2.29. The van der Waals surface area contributed by atoms with E-state index in [0.717, 1.165) is 26.2 Å². The van der Waals surface area contributed by atoms with Gasteiger partial charge in [-0.3, -0.25) is 4.79 Å². The molecule has 5 heteroatoms. The first-order valence-corrected chi connectivity index (χ1v) is 6.81. The van der Waals surface area contributed by atoms with Crippen LogP contribution in [0, 0.1) is 0 Å². The van der Waals surface area contributed by atoms with Crippen LogP contribution in [0.25, 0.3) is 0 Å². The summed E-state index contributed by atoms with van der Waals surface area (Å²) in [6.07, 6.45) is 0. The van der Waals surface area contributed by atoms with Crippen molar-refractivity contribution in [2.45, 2.75) is 6.04 Å². The maximum atomic E-state index is 11.9. The van der Waals surface area contributed by atoms with Crippen LogP contribution in [0.5, 0.6) is 0 Å². The molecule has 0 bridgehead atoms. The maximum Gasteiger partial charge on any atom is 0.240 e. The second-order valence-corrected chi connectivity index (χ2v) is 4.80. The van der Waals surface area contributed by atoms with E-state index in [1.807, 2.05) is 23.1 Å². The van der Waals surface area contributed by atoms with Crippen molar-refractivity contribution in [3.8, 4) is 0 Å². The highest BCUT2D eigenvalue weighted by atomic mass is 32.1. The first-order valence-electron chi connectivity index (χ1n) is 6.17. The number of para-hydroxylation sites is 1. The van der Waals surface area contributed by atoms with Crippen LogP contribution in [-0.2, 0) is 4.79 Å². The molecule has 1 aromatic rings. The van der Waals surface area contributed by atoms with E-state index in [1.54, 1.807) is 0 Å². The predicted octanol–water partition coefficient (Wildman–Crippen LogP) is 0.592. The topological polar surface area (TPSA) is 49.6 Å². The van der Waals surface area contributed by atoms with Crippen molar-refractivity contribution in [2.75, 3.05) is 36.8 Å². The molecule has 0 radical (unpaired) electrons. The molecule has 0 aromatic heterocycles. The minimum atomic E-state index is -0.475. The number of amides is 1. The SMILES string of the molecule is NC(CS)C(=O)N1CCN(c2ccccc2)CC1. The third-order valence-corrected chi connectivity index (χ3v) is 3.62. The van der Waals surface area contributed by atoms with Crippen molar-refractivity contribution >= 4 is 24.2 Å². The summed E-state index contributed by atoms with van der Waals surface area (Å²) >= 11 is 4.07. The van der Waals surface area contributed by atoms with Crippen LogP contribution in [0.4, 0.5) is 5.69 Å². The average Bonchev–Trinajstić information content (AvgIpc) is 2.47. The molecule has 1 aliphatic heterocycles. The van der Waals surface area contributed by atoms with Crippen LogP contribution < -0.4 is 10.6 Å². The zero-order valence-corrected chi connectivity index (χ0v) is 11.2. The number of carbonyl (C=O) groups is 1. The van der Waals surface area contributed by atoms with Crippen LogP contribution in [0.1, 0.15) is 0 Å². The van der Waals surface area contributed by atoms with Gasteiger partial charge in [0.1, 0.15) is 0 Å². The number of benzene rings is 1. The molecular weight excluding hydrogens is 246 g/mol. The smallest absolute Gasteiger partial charge is 0.240 e. The Kier molecular flexibility index (Phi) is 4.49. The van der Waals surface area contributed by atoms with Gasteiger partial charge in [-0.15, -0.1) is 0 Å². The number of carbonyl (C=O) groups excluding carboxylic acids is 1. The van der Waals surface area contributed by atoms with Crippen LogP contribution in [0.15, 0.2) is 30.3 Å². The second-order valence-electron chi connectivity index (χ2n) is 4.44. The molecule has 0 saturated carbocycles. The van der Waals surface area contributed by atoms with Gasteiger partial charge in [-0.25, -0.2) is 0 Å². The predicted molar refractivity (Wildman–Crippen MR) is 77.1 cm³/mol. The molecule has 1 aliphatic rings. The summed E-state index contributed by atoms with van der Waals surface area (Å²) in [6.45, 7) is 3.18. The standard InChI is InChI=1S/C13H19N3OS/c14-12(10-18)13(17)16-8-6-15(7-9-16)11-4-2-1-3-5-11/h1-5,12,18H,6-10,14H2. The monoisotopic (exact) mass is 265 g/mol. The Bertz CT molecular complexity index is 390. The molecule has 2 N–H and O–H groups in total. The molecular formula is C13H19N3OS. The molecule has 1 atom stereocenters. The first kappa shape index (κ1) is 13.2. The number of nitrogens with zero attached hydrogens (tertiary/aromatic N) is 2. The van der Waals surface area contributed by atoms with E-state index in [0.29, 0.717) is 5.75 Å². The summed E-state index contributed by atoms with van der Waals surface area (Å²) in [5, 5.41) is 0. The molecule has 0 aliphatic carbocycles. The van der Waals surface area contributed by atoms with Crippen LogP contribution in [-0.4, -0.2) is 48.8 Å². The van der Waals surface area contributed by atoms with Crippen molar-refractivity contribution in [1.82, 2.24) is 4.90 Å². The van der Waals surface area contributed by atoms with E-state index in [4.69, 9.17) is 5.73 Å². The molecule has 1 amide bonds. The highest BCUT2D eigenvalue weighted by Crippen LogP contribution is 2.15. The zero-order valence-electron chi connectivity index (χ0n) is 10.3. The van der Waals surface area contributed by atoms with Crippen molar-refractivity contribution in [2.24, 2.45) is 5.73 Å². The number of hydrogen-bond acceptors (Lipinski definition) is 4. The van der Waals surface area contributed by atoms with Crippen molar-refractivity contribution < 1.29 is 4.79 Å². The third kappa shape index (κ3) is 2.97. The quantitative estimate of drug-likeness (QED) is 0.787. The van der Waals surface area contributed by atoms with Gasteiger partial charge in [-0.1, -0.05) is 18.2 Å². The van der Waals surface area contributed by atoms with Crippen molar-refractivity contribution in [3.05, 3.63) is 30.3 Å². The Balaban J connectivity index is 1.90. The normalized spacial score (nSPS) is 17.7. The number of piperazine rings is 1. The van der Waals surface area contributed by atoms with Gasteiger partial charge in [0.05, 0.1) is 6.04 Å². The van der Waals surface area contributed by atoms with Crippen LogP contribution in [0.3, 0.4) is 0 Å². The molecule has 0 spiro atoms. The van der Waals surface area contributed by atoms with Crippen molar-refractivity contribution in [1.29, 1.82) is 0 Å². The average molecular weight is 265 g/mol. The largest absolute Gasteiger partial charge is 0.368 e. The lowest BCUT2D eigenvalue weighted by Gasteiger charge is -2.37. The highest BCUT2D eigenvalue weighted by Gasteiger charge is 2.24. The Labute approximate surface area is 113 Å². The van der Waals surface area contributed by atoms with Gasteiger partial charge in [0, 0.05) is 37.6 Å². The van der Waals surface area contributed by atoms with Gasteiger partial charge >= 0.3 is 0 Å². The van der Waals surface area contributed by atoms with E-state index in [1.165, 1.54) is 5.69 Å². The summed E-state index contributed by atoms with van der Waals surface area (Å²) in [4.78, 5) is 16.0. The number of anilines is 1. The lowest BCUT2D eigenvalue weighted by Crippen LogP contribution is -2.53. The Morgan fingerprint density at radius 1 is 1.22 bits per heavy atom. The van der Waals surface area contributed by atoms with Gasteiger partial charge in [0.15, 0.2) is 0 Å². The van der Waals surface area contributed by atoms with E-state index in [-0.39, 0.29) is 5.91 Å². The Hall–Kier alpha value is -1.20. The van der Waals surface area contributed by atoms with Gasteiger partial charge in [0.2, 0.25) is 5.91 Å². The highest BCUT2D eigenvalue weighted by molar-refractivity contribution is 7.80. The van der Waals surface area contributed by atoms with Gasteiger partial charge < -0.3 is 15.5 Å². The van der Waals surface area contributed by atoms with E-state index in [9.17, 15) is 4.79 Å². The molecule has 2 rings (SSSR count). The number of rotatable bonds is 3. The summed E-state index contributed by atoms with van der Waals surface area (Å²) in [7, 11) is 0. The Morgan fingerprint density at radius 2 is 1.83 bits per heavy atom. The summed E-state index contributed by atoms with van der Waals surface area (Å²) < 4.78 is 0. The minimum absolute atomic E-state index is 0.0118.